The van der Waals surface area contributed by atoms with E-state index in [0.717, 1.165) is 5.56 Å². The Hall–Kier alpha value is -2.53. The summed E-state index contributed by atoms with van der Waals surface area (Å²) in [7, 11) is 1.32. The van der Waals surface area contributed by atoms with Gasteiger partial charge in [-0.1, -0.05) is 18.5 Å². The molecule has 2 aromatic carbocycles. The number of ether oxygens (including phenoxy) is 2. The quantitative estimate of drug-likeness (QED) is 0.782. The first-order valence-electron chi connectivity index (χ1n) is 7.86. The van der Waals surface area contributed by atoms with Crippen LogP contribution in [-0.2, 0) is 9.53 Å². The van der Waals surface area contributed by atoms with Crippen molar-refractivity contribution in [3.8, 4) is 5.75 Å². The maximum atomic E-state index is 12.4. The van der Waals surface area contributed by atoms with Gasteiger partial charge in [0.1, 0.15) is 5.75 Å². The van der Waals surface area contributed by atoms with E-state index in [0.29, 0.717) is 28.4 Å². The molecule has 0 aromatic heterocycles. The number of aryl methyl sites for hydroxylation is 1. The van der Waals surface area contributed by atoms with Crippen LogP contribution in [0.15, 0.2) is 42.5 Å². The van der Waals surface area contributed by atoms with Crippen LogP contribution in [0.5, 0.6) is 5.75 Å². The molecule has 0 aliphatic carbocycles. The molecule has 0 spiro atoms. The lowest BCUT2D eigenvalue weighted by molar-refractivity contribution is -0.122. The van der Waals surface area contributed by atoms with Gasteiger partial charge in [-0.25, -0.2) is 4.79 Å². The van der Waals surface area contributed by atoms with Crippen molar-refractivity contribution in [1.29, 1.82) is 0 Å². The fourth-order valence-corrected chi connectivity index (χ4v) is 2.32. The zero-order valence-electron chi connectivity index (χ0n) is 14.3. The summed E-state index contributed by atoms with van der Waals surface area (Å²) in [4.78, 5) is 23.8. The van der Waals surface area contributed by atoms with Gasteiger partial charge >= 0.3 is 5.97 Å². The van der Waals surface area contributed by atoms with E-state index < -0.39 is 12.1 Å². The van der Waals surface area contributed by atoms with Gasteiger partial charge in [-0.3, -0.25) is 4.79 Å². The fourth-order valence-electron chi connectivity index (χ4n) is 2.21. The number of amides is 1. The number of methoxy groups -OCH3 is 1. The van der Waals surface area contributed by atoms with E-state index in [9.17, 15) is 9.59 Å². The predicted octanol–water partition coefficient (Wildman–Crippen LogP) is 4.23. The predicted molar refractivity (Wildman–Crippen MR) is 97.3 cm³/mol. The maximum absolute atomic E-state index is 12.4. The maximum Gasteiger partial charge on any atom is 0.337 e. The SMILES string of the molecule is CCC(Oc1ccc(Cl)c(C)c1)C(=O)Nc1ccc(C(=O)OC)cc1. The number of esters is 1. The third-order valence-corrected chi connectivity index (χ3v) is 4.07. The number of nitrogens with one attached hydrogen (secondary N) is 1. The number of halogens is 1. The highest BCUT2D eigenvalue weighted by atomic mass is 35.5. The third-order valence-electron chi connectivity index (χ3n) is 3.64. The van der Waals surface area contributed by atoms with Gasteiger partial charge in [0.2, 0.25) is 0 Å². The molecule has 0 bridgehead atoms. The Labute approximate surface area is 151 Å². The highest BCUT2D eigenvalue weighted by Gasteiger charge is 2.19. The Bertz CT molecular complexity index is 759. The molecule has 2 rings (SSSR count). The third kappa shape index (κ3) is 4.97. The van der Waals surface area contributed by atoms with Crippen molar-refractivity contribution < 1.29 is 19.1 Å². The number of carbonyl (C=O) groups is 2. The number of rotatable bonds is 6. The average molecular weight is 362 g/mol. The lowest BCUT2D eigenvalue weighted by atomic mass is 10.2. The zero-order valence-corrected chi connectivity index (χ0v) is 15.1. The second kappa shape index (κ2) is 8.53. The van der Waals surface area contributed by atoms with Crippen LogP contribution in [0.25, 0.3) is 0 Å². The van der Waals surface area contributed by atoms with Gasteiger partial charge in [0.25, 0.3) is 5.91 Å². The Morgan fingerprint density at radius 1 is 1.16 bits per heavy atom. The van der Waals surface area contributed by atoms with Crippen LogP contribution in [0.1, 0.15) is 29.3 Å². The van der Waals surface area contributed by atoms with Gasteiger partial charge < -0.3 is 14.8 Å². The summed E-state index contributed by atoms with van der Waals surface area (Å²) in [6, 6.07) is 11.7. The van der Waals surface area contributed by atoms with Crippen LogP contribution < -0.4 is 10.1 Å². The molecule has 1 atom stereocenters. The van der Waals surface area contributed by atoms with Crippen LogP contribution in [0.2, 0.25) is 5.02 Å². The normalized spacial score (nSPS) is 11.5. The van der Waals surface area contributed by atoms with Crippen LogP contribution in [0, 0.1) is 6.92 Å². The smallest absolute Gasteiger partial charge is 0.337 e. The Morgan fingerprint density at radius 2 is 1.84 bits per heavy atom. The first-order valence-corrected chi connectivity index (χ1v) is 8.24. The number of hydrogen-bond acceptors (Lipinski definition) is 4. The second-order valence-corrected chi connectivity index (χ2v) is 5.89. The molecule has 0 radical (unpaired) electrons. The van der Waals surface area contributed by atoms with Gasteiger partial charge in [-0.05, 0) is 61.4 Å². The summed E-state index contributed by atoms with van der Waals surface area (Å²) in [6.45, 7) is 3.74. The minimum atomic E-state index is -0.638. The molecule has 0 saturated heterocycles. The zero-order chi connectivity index (χ0) is 18.4. The van der Waals surface area contributed by atoms with Gasteiger partial charge in [0.15, 0.2) is 6.10 Å². The molecule has 132 valence electrons. The topological polar surface area (TPSA) is 64.6 Å². The van der Waals surface area contributed by atoms with Gasteiger partial charge in [-0.15, -0.1) is 0 Å². The van der Waals surface area contributed by atoms with Gasteiger partial charge in [0, 0.05) is 10.7 Å². The standard InChI is InChI=1S/C19H20ClNO4/c1-4-17(25-15-9-10-16(20)12(2)11-15)18(22)21-14-7-5-13(6-8-14)19(23)24-3/h5-11,17H,4H2,1-3H3,(H,21,22). The summed E-state index contributed by atoms with van der Waals surface area (Å²) in [6.07, 6.45) is -0.130. The molecule has 1 N–H and O–H groups in total. The number of carbonyl (C=O) groups excluding carboxylic acids is 2. The van der Waals surface area contributed by atoms with Crippen LogP contribution >= 0.6 is 11.6 Å². The van der Waals surface area contributed by atoms with Gasteiger partial charge in [-0.2, -0.15) is 0 Å². The molecule has 0 aliphatic rings. The number of hydrogen-bond donors (Lipinski definition) is 1. The van der Waals surface area contributed by atoms with Crippen molar-refractivity contribution in [2.75, 3.05) is 12.4 Å². The highest BCUT2D eigenvalue weighted by molar-refractivity contribution is 6.31. The molecule has 0 fully saturated rings. The molecule has 25 heavy (non-hydrogen) atoms. The summed E-state index contributed by atoms with van der Waals surface area (Å²) in [5, 5.41) is 3.43. The van der Waals surface area contributed by atoms with Crippen LogP contribution in [0.3, 0.4) is 0 Å². The molecule has 0 aliphatic heterocycles. The largest absolute Gasteiger partial charge is 0.481 e. The van der Waals surface area contributed by atoms with E-state index in [4.69, 9.17) is 16.3 Å². The minimum absolute atomic E-state index is 0.263. The Morgan fingerprint density at radius 3 is 2.40 bits per heavy atom. The highest BCUT2D eigenvalue weighted by Crippen LogP contribution is 2.23. The van der Waals surface area contributed by atoms with Crippen molar-refractivity contribution in [2.45, 2.75) is 26.4 Å². The lowest BCUT2D eigenvalue weighted by Gasteiger charge is -2.18. The number of benzene rings is 2. The van der Waals surface area contributed by atoms with E-state index in [1.165, 1.54) is 7.11 Å². The molecule has 1 unspecified atom stereocenters. The molecular formula is C19H20ClNO4. The molecule has 2 aromatic rings. The molecule has 6 heteroatoms. The van der Waals surface area contributed by atoms with Crippen molar-refractivity contribution in [2.24, 2.45) is 0 Å². The van der Waals surface area contributed by atoms with E-state index in [-0.39, 0.29) is 5.91 Å². The van der Waals surface area contributed by atoms with Crippen LogP contribution in [-0.4, -0.2) is 25.1 Å². The van der Waals surface area contributed by atoms with E-state index in [1.54, 1.807) is 42.5 Å². The summed E-state index contributed by atoms with van der Waals surface area (Å²) < 4.78 is 10.4. The summed E-state index contributed by atoms with van der Waals surface area (Å²) >= 11 is 6.00. The first-order chi connectivity index (χ1) is 11.9. The molecule has 0 saturated carbocycles. The molecule has 5 nitrogen and oxygen atoms in total. The number of anilines is 1. The molecule has 1 amide bonds. The van der Waals surface area contributed by atoms with Crippen molar-refractivity contribution in [3.63, 3.8) is 0 Å². The molecule has 0 heterocycles. The summed E-state index contributed by atoms with van der Waals surface area (Å²) in [5.74, 6) is -0.100. The van der Waals surface area contributed by atoms with Crippen molar-refractivity contribution in [3.05, 3.63) is 58.6 Å². The second-order valence-electron chi connectivity index (χ2n) is 5.48. The summed E-state index contributed by atoms with van der Waals surface area (Å²) in [5.41, 5.74) is 1.88. The monoisotopic (exact) mass is 361 g/mol. The average Bonchev–Trinajstić information content (AvgIpc) is 2.62. The first kappa shape index (κ1) is 18.8. The van der Waals surface area contributed by atoms with E-state index in [2.05, 4.69) is 10.1 Å². The fraction of sp³-hybridized carbons (Fsp3) is 0.263. The van der Waals surface area contributed by atoms with E-state index in [1.807, 2.05) is 13.8 Å². The van der Waals surface area contributed by atoms with E-state index >= 15 is 0 Å². The Balaban J connectivity index is 2.04. The lowest BCUT2D eigenvalue weighted by Crippen LogP contribution is -2.32. The van der Waals surface area contributed by atoms with Crippen molar-refractivity contribution >= 4 is 29.2 Å². The van der Waals surface area contributed by atoms with Crippen LogP contribution in [0.4, 0.5) is 5.69 Å². The minimum Gasteiger partial charge on any atom is -0.481 e. The molecular weight excluding hydrogens is 342 g/mol. The van der Waals surface area contributed by atoms with Gasteiger partial charge in [0.05, 0.1) is 12.7 Å². The van der Waals surface area contributed by atoms with Crippen molar-refractivity contribution in [1.82, 2.24) is 0 Å². The Kier molecular flexibility index (Phi) is 6.42.